The quantitative estimate of drug-likeness (QED) is 0.341. The number of amides is 1. The van der Waals surface area contributed by atoms with Crippen molar-refractivity contribution in [1.29, 1.82) is 0 Å². The number of hydrogen-bond donors (Lipinski definition) is 1. The van der Waals surface area contributed by atoms with Crippen LogP contribution in [-0.4, -0.2) is 54.0 Å². The molecule has 1 fully saturated rings. The minimum absolute atomic E-state index is 0.0205. The van der Waals surface area contributed by atoms with Gasteiger partial charge in [0.2, 0.25) is 5.91 Å². The van der Waals surface area contributed by atoms with E-state index < -0.39 is 52.5 Å². The van der Waals surface area contributed by atoms with E-state index in [4.69, 9.17) is 11.6 Å². The molecule has 1 saturated heterocycles. The van der Waals surface area contributed by atoms with Crippen LogP contribution in [0.3, 0.4) is 0 Å². The molecule has 0 spiro atoms. The Balaban J connectivity index is 1.54. The lowest BCUT2D eigenvalue weighted by Crippen LogP contribution is -2.45. The molecule has 2 aromatic heterocycles. The van der Waals surface area contributed by atoms with Crippen molar-refractivity contribution in [1.82, 2.24) is 19.6 Å². The monoisotopic (exact) mass is 628 g/mol. The van der Waals surface area contributed by atoms with Crippen LogP contribution in [-0.2, 0) is 27.5 Å². The second-order valence-electron chi connectivity index (χ2n) is 8.56. The van der Waals surface area contributed by atoms with Gasteiger partial charge in [0.05, 0.1) is 27.8 Å². The number of carbonyl (C=O) groups is 1. The van der Waals surface area contributed by atoms with Crippen molar-refractivity contribution in [2.45, 2.75) is 42.0 Å². The number of ether oxygens (including phenoxy) is 1. The average Bonchev–Trinajstić information content (AvgIpc) is 3.55. The SMILES string of the molecule is O=C(NCc1cc(-c2ccc(C(F)(F)F)cc2)nc(OCC(F)(F)F)n1)C1CCCN1S(=O)(=O)c1ccc(Cl)s1. The fraction of sp³-hybridized carbons (Fsp3) is 0.348. The maximum absolute atomic E-state index is 13.0. The molecule has 1 aliphatic rings. The lowest BCUT2D eigenvalue weighted by atomic mass is 10.1. The Hall–Kier alpha value is -2.95. The lowest BCUT2D eigenvalue weighted by molar-refractivity contribution is -0.154. The highest BCUT2D eigenvalue weighted by Gasteiger charge is 2.40. The Morgan fingerprint density at radius 1 is 1.10 bits per heavy atom. The fourth-order valence-electron chi connectivity index (χ4n) is 3.89. The third-order valence-corrected chi connectivity index (χ3v) is 9.30. The van der Waals surface area contributed by atoms with Crippen LogP contribution in [0.2, 0.25) is 4.34 Å². The molecule has 4 rings (SSSR count). The first-order valence-electron chi connectivity index (χ1n) is 11.4. The molecule has 0 saturated carbocycles. The summed E-state index contributed by atoms with van der Waals surface area (Å²) in [5, 5.41) is 2.52. The Morgan fingerprint density at radius 2 is 1.80 bits per heavy atom. The van der Waals surface area contributed by atoms with E-state index in [1.165, 1.54) is 18.2 Å². The van der Waals surface area contributed by atoms with Gasteiger partial charge < -0.3 is 10.1 Å². The third kappa shape index (κ3) is 7.21. The van der Waals surface area contributed by atoms with Crippen molar-refractivity contribution < 1.29 is 44.3 Å². The number of thiophene rings is 1. The number of hydrogen-bond acceptors (Lipinski definition) is 7. The number of sulfonamides is 1. The Kier molecular flexibility index (Phi) is 8.63. The van der Waals surface area contributed by atoms with Gasteiger partial charge in [0.1, 0.15) is 10.3 Å². The van der Waals surface area contributed by atoms with Gasteiger partial charge in [0.15, 0.2) is 6.61 Å². The minimum atomic E-state index is -4.72. The maximum Gasteiger partial charge on any atom is 0.422 e. The summed E-state index contributed by atoms with van der Waals surface area (Å²) >= 11 is 6.70. The second kappa shape index (κ2) is 11.5. The summed E-state index contributed by atoms with van der Waals surface area (Å²) in [5.74, 6) is -0.670. The molecule has 0 radical (unpaired) electrons. The molecule has 0 aliphatic carbocycles. The molecule has 3 heterocycles. The molecule has 8 nitrogen and oxygen atoms in total. The van der Waals surface area contributed by atoms with Gasteiger partial charge in [-0.2, -0.15) is 40.6 Å². The number of benzene rings is 1. The van der Waals surface area contributed by atoms with Crippen LogP contribution in [0.1, 0.15) is 24.1 Å². The van der Waals surface area contributed by atoms with Crippen LogP contribution in [0.4, 0.5) is 26.3 Å². The molecule has 3 aromatic rings. The average molecular weight is 629 g/mol. The van der Waals surface area contributed by atoms with E-state index in [0.29, 0.717) is 6.42 Å². The summed E-state index contributed by atoms with van der Waals surface area (Å²) in [6.07, 6.45) is -8.67. The molecule has 40 heavy (non-hydrogen) atoms. The molecule has 1 N–H and O–H groups in total. The predicted octanol–water partition coefficient (Wildman–Crippen LogP) is 5.29. The van der Waals surface area contributed by atoms with E-state index in [1.54, 1.807) is 0 Å². The maximum atomic E-state index is 13.0. The highest BCUT2D eigenvalue weighted by molar-refractivity contribution is 7.91. The van der Waals surface area contributed by atoms with Crippen LogP contribution >= 0.6 is 22.9 Å². The topological polar surface area (TPSA) is 101 Å². The third-order valence-electron chi connectivity index (χ3n) is 5.69. The zero-order chi connectivity index (χ0) is 29.3. The van der Waals surface area contributed by atoms with Crippen molar-refractivity contribution in [2.75, 3.05) is 13.2 Å². The van der Waals surface area contributed by atoms with Crippen molar-refractivity contribution in [3.8, 4) is 17.3 Å². The fourth-order valence-corrected chi connectivity index (χ4v) is 7.16. The number of carbonyl (C=O) groups excluding carboxylic acids is 1. The van der Waals surface area contributed by atoms with Crippen molar-refractivity contribution in [3.63, 3.8) is 0 Å². The first-order valence-corrected chi connectivity index (χ1v) is 14.1. The summed E-state index contributed by atoms with van der Waals surface area (Å²) in [6.45, 7) is -1.99. The summed E-state index contributed by atoms with van der Waals surface area (Å²) < 4.78 is 109. The molecule has 0 bridgehead atoms. The zero-order valence-electron chi connectivity index (χ0n) is 20.1. The summed E-state index contributed by atoms with van der Waals surface area (Å²) in [5.41, 5.74) is -0.882. The largest absolute Gasteiger partial charge is 0.454 e. The van der Waals surface area contributed by atoms with Crippen LogP contribution in [0, 0.1) is 0 Å². The smallest absolute Gasteiger partial charge is 0.422 e. The Morgan fingerprint density at radius 3 is 2.40 bits per heavy atom. The van der Waals surface area contributed by atoms with Crippen LogP contribution in [0.25, 0.3) is 11.3 Å². The molecule has 1 aliphatic heterocycles. The van der Waals surface area contributed by atoms with Gasteiger partial charge in [-0.05, 0) is 43.2 Å². The second-order valence-corrected chi connectivity index (χ2v) is 12.4. The number of aromatic nitrogens is 2. The molecule has 1 amide bonds. The van der Waals surface area contributed by atoms with Crippen LogP contribution < -0.4 is 10.1 Å². The van der Waals surface area contributed by atoms with Gasteiger partial charge in [0.25, 0.3) is 10.0 Å². The van der Waals surface area contributed by atoms with Gasteiger partial charge in [-0.25, -0.2) is 8.42 Å². The summed E-state index contributed by atoms with van der Waals surface area (Å²) in [7, 11) is -4.01. The van der Waals surface area contributed by atoms with Gasteiger partial charge in [-0.15, -0.1) is 11.3 Å². The van der Waals surface area contributed by atoms with E-state index in [1.807, 2.05) is 0 Å². The molecular formula is C23H19ClF6N4O4S2. The van der Waals surface area contributed by atoms with Crippen LogP contribution in [0.5, 0.6) is 6.01 Å². The Labute approximate surface area is 233 Å². The zero-order valence-corrected chi connectivity index (χ0v) is 22.5. The Bertz CT molecular complexity index is 1480. The van der Waals surface area contributed by atoms with Crippen LogP contribution in [0.15, 0.2) is 46.7 Å². The van der Waals surface area contributed by atoms with Crippen molar-refractivity contribution in [2.24, 2.45) is 0 Å². The highest BCUT2D eigenvalue weighted by Crippen LogP contribution is 2.33. The number of halogens is 7. The highest BCUT2D eigenvalue weighted by atomic mass is 35.5. The van der Waals surface area contributed by atoms with E-state index in [9.17, 15) is 39.6 Å². The molecule has 1 unspecified atom stereocenters. The van der Waals surface area contributed by atoms with E-state index >= 15 is 0 Å². The number of nitrogens with one attached hydrogen (secondary N) is 1. The number of rotatable bonds is 8. The standard InChI is InChI=1S/C23H19ClF6N4O4S2/c24-18-7-8-19(39-18)40(36,37)34-9-1-2-17(34)20(35)31-11-15-10-16(33-21(32-15)38-12-22(25,26)27)13-3-5-14(6-4-13)23(28,29)30/h3-8,10,17H,1-2,9,11-12H2,(H,31,35). The van der Waals surface area contributed by atoms with E-state index in [-0.39, 0.29) is 45.0 Å². The van der Waals surface area contributed by atoms with Gasteiger partial charge in [0, 0.05) is 12.1 Å². The summed E-state index contributed by atoms with van der Waals surface area (Å²) in [6, 6.07) is 5.99. The van der Waals surface area contributed by atoms with Gasteiger partial charge >= 0.3 is 18.4 Å². The minimum Gasteiger partial charge on any atom is -0.454 e. The van der Waals surface area contributed by atoms with E-state index in [0.717, 1.165) is 39.9 Å². The molecule has 17 heteroatoms. The first kappa shape index (κ1) is 30.0. The van der Waals surface area contributed by atoms with Crippen molar-refractivity contribution in [3.05, 3.63) is 58.1 Å². The summed E-state index contributed by atoms with van der Waals surface area (Å²) in [4.78, 5) is 20.7. The number of nitrogens with zero attached hydrogens (tertiary/aromatic N) is 3. The first-order chi connectivity index (χ1) is 18.6. The molecule has 1 atom stereocenters. The predicted molar refractivity (Wildman–Crippen MR) is 132 cm³/mol. The van der Waals surface area contributed by atoms with Crippen molar-refractivity contribution >= 4 is 38.9 Å². The molecular weight excluding hydrogens is 610 g/mol. The molecule has 216 valence electrons. The normalized spacial score (nSPS) is 16.7. The molecule has 1 aromatic carbocycles. The number of alkyl halides is 6. The van der Waals surface area contributed by atoms with Gasteiger partial charge in [-0.1, -0.05) is 23.7 Å². The lowest BCUT2D eigenvalue weighted by Gasteiger charge is -2.22. The van der Waals surface area contributed by atoms with Gasteiger partial charge in [-0.3, -0.25) is 4.79 Å². The van der Waals surface area contributed by atoms with E-state index in [2.05, 4.69) is 20.0 Å².